The van der Waals surface area contributed by atoms with Gasteiger partial charge in [-0.15, -0.1) is 0 Å². The lowest BCUT2D eigenvalue weighted by Crippen LogP contribution is -2.37. The highest BCUT2D eigenvalue weighted by molar-refractivity contribution is 6.31. The van der Waals surface area contributed by atoms with Gasteiger partial charge in [0, 0.05) is 11.1 Å². The van der Waals surface area contributed by atoms with Crippen LogP contribution in [0.2, 0.25) is 5.02 Å². The third-order valence-electron chi connectivity index (χ3n) is 3.76. The van der Waals surface area contributed by atoms with Crippen LogP contribution in [-0.2, 0) is 9.53 Å². The molecule has 0 saturated carbocycles. The zero-order valence-corrected chi connectivity index (χ0v) is 15.2. The van der Waals surface area contributed by atoms with Gasteiger partial charge in [0.25, 0.3) is 11.6 Å². The minimum Gasteiger partial charge on any atom is -0.449 e. The quantitative estimate of drug-likeness (QED) is 0.456. The smallest absolute Gasteiger partial charge is 0.345 e. The van der Waals surface area contributed by atoms with E-state index in [4.69, 9.17) is 16.3 Å². The number of hydrogen-bond donors (Lipinski definition) is 1. The fraction of sp³-hybridized carbons (Fsp3) is 0.222. The summed E-state index contributed by atoms with van der Waals surface area (Å²) >= 11 is 5.78. The SMILES string of the molecule is C[C@H](NC(=O)[C@@H](C)OC(=O)c1cc(Cl)ccc1[N+](=O)[O-])c1ccc(F)cc1. The van der Waals surface area contributed by atoms with Crippen molar-refractivity contribution in [2.75, 3.05) is 0 Å². The molecule has 0 aliphatic heterocycles. The van der Waals surface area contributed by atoms with E-state index in [1.165, 1.54) is 37.3 Å². The summed E-state index contributed by atoms with van der Waals surface area (Å²) in [5, 5.41) is 13.8. The Kier molecular flexibility index (Phi) is 6.46. The number of nitrogens with zero attached hydrogens (tertiary/aromatic N) is 1. The van der Waals surface area contributed by atoms with Gasteiger partial charge in [0.05, 0.1) is 11.0 Å². The van der Waals surface area contributed by atoms with Crippen LogP contribution in [0.3, 0.4) is 0 Å². The molecule has 0 heterocycles. The topological polar surface area (TPSA) is 98.5 Å². The zero-order valence-electron chi connectivity index (χ0n) is 14.4. The molecule has 0 aliphatic carbocycles. The van der Waals surface area contributed by atoms with Crippen molar-refractivity contribution in [3.63, 3.8) is 0 Å². The maximum atomic E-state index is 13.0. The minimum atomic E-state index is -1.21. The van der Waals surface area contributed by atoms with Gasteiger partial charge >= 0.3 is 5.97 Å². The molecule has 142 valence electrons. The lowest BCUT2D eigenvalue weighted by molar-refractivity contribution is -0.385. The number of amides is 1. The third-order valence-corrected chi connectivity index (χ3v) is 3.99. The number of halogens is 2. The van der Waals surface area contributed by atoms with Crippen LogP contribution in [0.25, 0.3) is 0 Å². The van der Waals surface area contributed by atoms with E-state index < -0.39 is 40.5 Å². The van der Waals surface area contributed by atoms with Gasteiger partial charge in [0.15, 0.2) is 6.10 Å². The van der Waals surface area contributed by atoms with E-state index in [9.17, 15) is 24.1 Å². The number of rotatable bonds is 6. The highest BCUT2D eigenvalue weighted by Gasteiger charge is 2.26. The summed E-state index contributed by atoms with van der Waals surface area (Å²) < 4.78 is 18.0. The molecule has 9 heteroatoms. The zero-order chi connectivity index (χ0) is 20.1. The molecule has 0 bridgehead atoms. The molecule has 7 nitrogen and oxygen atoms in total. The Bertz CT molecular complexity index is 873. The summed E-state index contributed by atoms with van der Waals surface area (Å²) in [5.74, 6) is -2.05. The number of carbonyl (C=O) groups is 2. The molecule has 0 saturated heterocycles. The molecular weight excluding hydrogens is 379 g/mol. The molecule has 0 aromatic heterocycles. The number of hydrogen-bond acceptors (Lipinski definition) is 5. The molecule has 0 fully saturated rings. The van der Waals surface area contributed by atoms with Crippen molar-refractivity contribution in [3.05, 3.63) is 74.5 Å². The molecule has 2 aromatic carbocycles. The van der Waals surface area contributed by atoms with Crippen molar-refractivity contribution < 1.29 is 23.6 Å². The summed E-state index contributed by atoms with van der Waals surface area (Å²) in [6, 6.07) is 8.57. The van der Waals surface area contributed by atoms with Gasteiger partial charge < -0.3 is 10.1 Å². The van der Waals surface area contributed by atoms with E-state index in [1.54, 1.807) is 6.92 Å². The van der Waals surface area contributed by atoms with Gasteiger partial charge in [-0.2, -0.15) is 0 Å². The molecule has 2 rings (SSSR count). The van der Waals surface area contributed by atoms with Crippen molar-refractivity contribution in [1.29, 1.82) is 0 Å². The fourth-order valence-electron chi connectivity index (χ4n) is 2.27. The van der Waals surface area contributed by atoms with Gasteiger partial charge in [-0.05, 0) is 43.7 Å². The van der Waals surface area contributed by atoms with Gasteiger partial charge in [-0.1, -0.05) is 23.7 Å². The summed E-state index contributed by atoms with van der Waals surface area (Å²) in [6.07, 6.45) is -1.21. The van der Waals surface area contributed by atoms with E-state index in [0.717, 1.165) is 12.1 Å². The second kappa shape index (κ2) is 8.59. The van der Waals surface area contributed by atoms with Crippen molar-refractivity contribution in [3.8, 4) is 0 Å². The first-order chi connectivity index (χ1) is 12.7. The van der Waals surface area contributed by atoms with E-state index in [0.29, 0.717) is 5.56 Å². The van der Waals surface area contributed by atoms with Crippen LogP contribution in [-0.4, -0.2) is 22.9 Å². The first-order valence-electron chi connectivity index (χ1n) is 7.89. The summed E-state index contributed by atoms with van der Waals surface area (Å²) in [6.45, 7) is 3.02. The van der Waals surface area contributed by atoms with Gasteiger partial charge in [-0.25, -0.2) is 9.18 Å². The van der Waals surface area contributed by atoms with Crippen molar-refractivity contribution in [2.24, 2.45) is 0 Å². The number of carbonyl (C=O) groups excluding carboxylic acids is 2. The molecule has 0 aliphatic rings. The highest BCUT2D eigenvalue weighted by Crippen LogP contribution is 2.24. The van der Waals surface area contributed by atoms with Crippen molar-refractivity contribution >= 4 is 29.2 Å². The number of ether oxygens (including phenoxy) is 1. The first-order valence-corrected chi connectivity index (χ1v) is 8.27. The van der Waals surface area contributed by atoms with Crippen molar-refractivity contribution in [2.45, 2.75) is 26.0 Å². The van der Waals surface area contributed by atoms with E-state index in [1.807, 2.05) is 0 Å². The molecular formula is C18H16ClFN2O5. The van der Waals surface area contributed by atoms with Gasteiger partial charge in [-0.3, -0.25) is 14.9 Å². The second-order valence-electron chi connectivity index (χ2n) is 5.75. The van der Waals surface area contributed by atoms with E-state index in [2.05, 4.69) is 5.32 Å². The molecule has 0 spiro atoms. The largest absolute Gasteiger partial charge is 0.449 e. The Morgan fingerprint density at radius 3 is 2.41 bits per heavy atom. The van der Waals surface area contributed by atoms with Crippen LogP contribution >= 0.6 is 11.6 Å². The molecule has 2 aromatic rings. The molecule has 0 unspecified atom stereocenters. The molecule has 1 amide bonds. The van der Waals surface area contributed by atoms with Crippen LogP contribution in [0.5, 0.6) is 0 Å². The fourth-order valence-corrected chi connectivity index (χ4v) is 2.45. The number of benzene rings is 2. The number of nitro groups is 1. The monoisotopic (exact) mass is 394 g/mol. The van der Waals surface area contributed by atoms with Crippen molar-refractivity contribution in [1.82, 2.24) is 5.32 Å². The van der Waals surface area contributed by atoms with Crippen LogP contribution in [0.4, 0.5) is 10.1 Å². The third kappa shape index (κ3) is 5.24. The Morgan fingerprint density at radius 1 is 1.19 bits per heavy atom. The predicted molar refractivity (Wildman–Crippen MR) is 95.9 cm³/mol. The molecule has 2 atom stereocenters. The molecule has 1 N–H and O–H groups in total. The van der Waals surface area contributed by atoms with Gasteiger partial charge in [0.1, 0.15) is 11.4 Å². The van der Waals surface area contributed by atoms with Crippen LogP contribution in [0.15, 0.2) is 42.5 Å². The second-order valence-corrected chi connectivity index (χ2v) is 6.18. The number of nitro benzene ring substituents is 1. The Hall–Kier alpha value is -3.00. The lowest BCUT2D eigenvalue weighted by atomic mass is 10.1. The summed E-state index contributed by atoms with van der Waals surface area (Å²) in [7, 11) is 0. The molecule has 0 radical (unpaired) electrons. The highest BCUT2D eigenvalue weighted by atomic mass is 35.5. The van der Waals surface area contributed by atoms with Crippen LogP contribution in [0.1, 0.15) is 35.8 Å². The van der Waals surface area contributed by atoms with Crippen LogP contribution < -0.4 is 5.32 Å². The Balaban J connectivity index is 2.05. The normalized spacial score (nSPS) is 12.7. The van der Waals surface area contributed by atoms with E-state index >= 15 is 0 Å². The summed E-state index contributed by atoms with van der Waals surface area (Å²) in [4.78, 5) is 34.7. The summed E-state index contributed by atoms with van der Waals surface area (Å²) in [5.41, 5.74) is -0.163. The lowest BCUT2D eigenvalue weighted by Gasteiger charge is -2.18. The Labute approximate surface area is 159 Å². The molecule has 27 heavy (non-hydrogen) atoms. The van der Waals surface area contributed by atoms with Crippen LogP contribution in [0, 0.1) is 15.9 Å². The maximum absolute atomic E-state index is 13.0. The van der Waals surface area contributed by atoms with Gasteiger partial charge in [0.2, 0.25) is 0 Å². The predicted octanol–water partition coefficient (Wildman–Crippen LogP) is 3.81. The Morgan fingerprint density at radius 2 is 1.81 bits per heavy atom. The minimum absolute atomic E-state index is 0.120. The standard InChI is InChI=1S/C18H16ClFN2O5/c1-10(12-3-6-14(20)7-4-12)21-17(23)11(2)27-18(24)15-9-13(19)5-8-16(15)22(25)26/h3-11H,1-2H3,(H,21,23)/t10-,11+/m0/s1. The maximum Gasteiger partial charge on any atom is 0.345 e. The number of esters is 1. The average Bonchev–Trinajstić information content (AvgIpc) is 2.61. The van der Waals surface area contributed by atoms with E-state index in [-0.39, 0.29) is 10.6 Å². The average molecular weight is 395 g/mol. The first kappa shape index (κ1) is 20.3. The number of nitrogens with one attached hydrogen (secondary N) is 1.